The van der Waals surface area contributed by atoms with Gasteiger partial charge in [-0.05, 0) is 53.4 Å². The van der Waals surface area contributed by atoms with Crippen LogP contribution in [0.4, 0.5) is 5.69 Å². The lowest BCUT2D eigenvalue weighted by Gasteiger charge is -2.25. The first-order valence-electron chi connectivity index (χ1n) is 11.6. The van der Waals surface area contributed by atoms with Gasteiger partial charge in [0.25, 0.3) is 0 Å². The highest BCUT2D eigenvalue weighted by molar-refractivity contribution is 5.90. The van der Waals surface area contributed by atoms with E-state index in [0.29, 0.717) is 18.0 Å². The smallest absolute Gasteiger partial charge is 0.338 e. The summed E-state index contributed by atoms with van der Waals surface area (Å²) in [6.07, 6.45) is 2.17. The van der Waals surface area contributed by atoms with Crippen LogP contribution in [0, 0.1) is 0 Å². The van der Waals surface area contributed by atoms with E-state index in [2.05, 4.69) is 62.8 Å². The van der Waals surface area contributed by atoms with Gasteiger partial charge in [0, 0.05) is 24.3 Å². The Kier molecular flexibility index (Phi) is 7.65. The lowest BCUT2D eigenvalue weighted by Crippen LogP contribution is -2.24. The third-order valence-corrected chi connectivity index (χ3v) is 5.66. The molecule has 0 spiro atoms. The number of carbonyl (C=O) groups excluding carboxylic acids is 1. The van der Waals surface area contributed by atoms with Gasteiger partial charge >= 0.3 is 5.97 Å². The van der Waals surface area contributed by atoms with Crippen molar-refractivity contribution in [1.82, 2.24) is 20.6 Å². The van der Waals surface area contributed by atoms with Crippen LogP contribution in [-0.4, -0.2) is 39.7 Å². The summed E-state index contributed by atoms with van der Waals surface area (Å²) in [6, 6.07) is 24.3. The first-order valence-corrected chi connectivity index (χ1v) is 11.6. The molecule has 34 heavy (non-hydrogen) atoms. The van der Waals surface area contributed by atoms with Gasteiger partial charge in [0.05, 0.1) is 12.2 Å². The highest BCUT2D eigenvalue weighted by atomic mass is 16.5. The maximum Gasteiger partial charge on any atom is 0.338 e. The highest BCUT2D eigenvalue weighted by Crippen LogP contribution is 2.30. The molecule has 1 heterocycles. The molecule has 3 aromatic carbocycles. The minimum atomic E-state index is -0.288. The lowest BCUT2D eigenvalue weighted by molar-refractivity contribution is 0.0526. The quantitative estimate of drug-likeness (QED) is 0.317. The standard InChI is InChI=1S/C27H29N5O2/c1-3-5-17-32(23-10-8-9-22(18-23)27(33)34-4-2)19-20-13-15-21(16-14-20)24-11-6-7-12-25(24)26-28-30-31-29-26/h6-16,18H,3-5,17,19H2,1-2H3,(H,28,29,30,31). The molecule has 7 nitrogen and oxygen atoms in total. The normalized spacial score (nSPS) is 10.8. The summed E-state index contributed by atoms with van der Waals surface area (Å²) in [7, 11) is 0. The van der Waals surface area contributed by atoms with Gasteiger partial charge in [-0.1, -0.05) is 67.9 Å². The molecule has 0 unspecified atom stereocenters. The van der Waals surface area contributed by atoms with E-state index >= 15 is 0 Å². The SMILES string of the molecule is CCCCN(Cc1ccc(-c2ccccc2-c2nn[nH]n2)cc1)c1cccc(C(=O)OCC)c1. The molecular formula is C27H29N5O2. The van der Waals surface area contributed by atoms with Crippen LogP contribution in [0.3, 0.4) is 0 Å². The van der Waals surface area contributed by atoms with Crippen LogP contribution >= 0.6 is 0 Å². The zero-order valence-electron chi connectivity index (χ0n) is 19.6. The van der Waals surface area contributed by atoms with Crippen molar-refractivity contribution >= 4 is 11.7 Å². The monoisotopic (exact) mass is 455 g/mol. The van der Waals surface area contributed by atoms with E-state index in [4.69, 9.17) is 4.74 Å². The number of ether oxygens (including phenoxy) is 1. The molecule has 0 bridgehead atoms. The number of unbranched alkanes of at least 4 members (excludes halogenated alkanes) is 1. The summed E-state index contributed by atoms with van der Waals surface area (Å²) in [5.74, 6) is 0.288. The Bertz CT molecular complexity index is 1210. The molecule has 0 saturated carbocycles. The number of anilines is 1. The summed E-state index contributed by atoms with van der Waals surface area (Å²) in [6.45, 7) is 6.03. The Labute approximate surface area is 199 Å². The van der Waals surface area contributed by atoms with Crippen LogP contribution in [0.2, 0.25) is 0 Å². The molecule has 0 aliphatic rings. The Balaban J connectivity index is 1.56. The first-order chi connectivity index (χ1) is 16.7. The Morgan fingerprint density at radius 1 is 0.971 bits per heavy atom. The zero-order valence-corrected chi connectivity index (χ0v) is 19.6. The van der Waals surface area contributed by atoms with Gasteiger partial charge in [-0.15, -0.1) is 10.2 Å². The third-order valence-electron chi connectivity index (χ3n) is 5.66. The number of H-pyrrole nitrogens is 1. The van der Waals surface area contributed by atoms with Crippen LogP contribution in [-0.2, 0) is 11.3 Å². The van der Waals surface area contributed by atoms with E-state index < -0.39 is 0 Å². The fourth-order valence-electron chi connectivity index (χ4n) is 3.91. The number of hydrogen-bond donors (Lipinski definition) is 1. The molecule has 4 rings (SSSR count). The van der Waals surface area contributed by atoms with Crippen molar-refractivity contribution < 1.29 is 9.53 Å². The van der Waals surface area contributed by atoms with Gasteiger partial charge in [0.15, 0.2) is 0 Å². The molecule has 0 atom stereocenters. The Hall–Kier alpha value is -4.00. The van der Waals surface area contributed by atoms with Crippen LogP contribution in [0.25, 0.3) is 22.5 Å². The molecule has 4 aromatic rings. The topological polar surface area (TPSA) is 84.0 Å². The van der Waals surface area contributed by atoms with Gasteiger partial charge in [0.2, 0.25) is 5.82 Å². The number of aromatic nitrogens is 4. The molecule has 0 radical (unpaired) electrons. The minimum absolute atomic E-state index is 0.288. The molecular weight excluding hydrogens is 426 g/mol. The van der Waals surface area contributed by atoms with Gasteiger partial charge in [-0.25, -0.2) is 4.79 Å². The number of nitrogens with one attached hydrogen (secondary N) is 1. The van der Waals surface area contributed by atoms with Crippen LogP contribution in [0.15, 0.2) is 72.8 Å². The van der Waals surface area contributed by atoms with E-state index in [0.717, 1.165) is 48.3 Å². The van der Waals surface area contributed by atoms with Gasteiger partial charge in [-0.2, -0.15) is 5.21 Å². The van der Waals surface area contributed by atoms with Crippen molar-refractivity contribution in [3.8, 4) is 22.5 Å². The number of tetrazole rings is 1. The van der Waals surface area contributed by atoms with Crippen LogP contribution < -0.4 is 4.90 Å². The van der Waals surface area contributed by atoms with Crippen molar-refractivity contribution in [1.29, 1.82) is 0 Å². The second-order valence-corrected chi connectivity index (χ2v) is 8.02. The Morgan fingerprint density at radius 3 is 2.47 bits per heavy atom. The van der Waals surface area contributed by atoms with Crippen molar-refractivity contribution in [2.75, 3.05) is 18.1 Å². The molecule has 0 saturated heterocycles. The number of rotatable bonds is 10. The molecule has 1 aromatic heterocycles. The van der Waals surface area contributed by atoms with E-state index in [9.17, 15) is 4.79 Å². The molecule has 7 heteroatoms. The van der Waals surface area contributed by atoms with Crippen molar-refractivity contribution in [2.24, 2.45) is 0 Å². The van der Waals surface area contributed by atoms with E-state index in [-0.39, 0.29) is 5.97 Å². The van der Waals surface area contributed by atoms with E-state index in [1.54, 1.807) is 6.07 Å². The van der Waals surface area contributed by atoms with Crippen LogP contribution in [0.5, 0.6) is 0 Å². The molecule has 0 amide bonds. The van der Waals surface area contributed by atoms with Crippen molar-refractivity contribution in [2.45, 2.75) is 33.2 Å². The summed E-state index contributed by atoms with van der Waals surface area (Å²) >= 11 is 0. The molecule has 0 aliphatic carbocycles. The number of nitrogens with zero attached hydrogens (tertiary/aromatic N) is 4. The second kappa shape index (κ2) is 11.2. The van der Waals surface area contributed by atoms with Gasteiger partial charge in [0.1, 0.15) is 0 Å². The third kappa shape index (κ3) is 5.49. The summed E-state index contributed by atoms with van der Waals surface area (Å²) in [5, 5.41) is 14.5. The maximum absolute atomic E-state index is 12.2. The zero-order chi connectivity index (χ0) is 23.8. The molecule has 1 N–H and O–H groups in total. The number of esters is 1. The summed E-state index contributed by atoms with van der Waals surface area (Å²) in [5.41, 5.74) is 5.87. The predicted molar refractivity (Wildman–Crippen MR) is 133 cm³/mol. The van der Waals surface area contributed by atoms with E-state index in [1.807, 2.05) is 43.3 Å². The fraction of sp³-hybridized carbons (Fsp3) is 0.259. The van der Waals surface area contributed by atoms with Gasteiger partial charge < -0.3 is 9.64 Å². The van der Waals surface area contributed by atoms with Crippen LogP contribution in [0.1, 0.15) is 42.6 Å². The molecule has 0 fully saturated rings. The number of carbonyl (C=O) groups is 1. The minimum Gasteiger partial charge on any atom is -0.462 e. The van der Waals surface area contributed by atoms with E-state index in [1.165, 1.54) is 5.56 Å². The maximum atomic E-state index is 12.2. The number of benzene rings is 3. The average Bonchev–Trinajstić information content (AvgIpc) is 3.42. The fourth-order valence-corrected chi connectivity index (χ4v) is 3.91. The highest BCUT2D eigenvalue weighted by Gasteiger charge is 2.13. The largest absolute Gasteiger partial charge is 0.462 e. The van der Waals surface area contributed by atoms with Crippen molar-refractivity contribution in [3.05, 3.63) is 83.9 Å². The average molecular weight is 456 g/mol. The first kappa shape index (κ1) is 23.2. The lowest BCUT2D eigenvalue weighted by atomic mass is 9.98. The van der Waals surface area contributed by atoms with Crippen molar-refractivity contribution in [3.63, 3.8) is 0 Å². The summed E-state index contributed by atoms with van der Waals surface area (Å²) in [4.78, 5) is 14.5. The summed E-state index contributed by atoms with van der Waals surface area (Å²) < 4.78 is 5.18. The van der Waals surface area contributed by atoms with Gasteiger partial charge in [-0.3, -0.25) is 0 Å². The number of hydrogen-bond acceptors (Lipinski definition) is 6. The molecule has 174 valence electrons. The Morgan fingerprint density at radius 2 is 1.76 bits per heavy atom. The predicted octanol–water partition coefficient (Wildman–Crippen LogP) is 5.52. The molecule has 0 aliphatic heterocycles. The number of aromatic amines is 1. The second-order valence-electron chi connectivity index (χ2n) is 8.02.